The number of nitrogens with one attached hydrogen (secondary N) is 1. The second-order valence-electron chi connectivity index (χ2n) is 7.41. The van der Waals surface area contributed by atoms with E-state index >= 15 is 0 Å². The summed E-state index contributed by atoms with van der Waals surface area (Å²) in [5.41, 5.74) is 3.46. The first-order valence-corrected chi connectivity index (χ1v) is 12.2. The molecule has 0 spiro atoms. The number of hydrogen-bond acceptors (Lipinski definition) is 4. The lowest BCUT2D eigenvalue weighted by Crippen LogP contribution is -2.40. The van der Waals surface area contributed by atoms with Crippen LogP contribution in [0.1, 0.15) is 16.7 Å². The molecule has 6 nitrogen and oxygen atoms in total. The number of nitrogens with zero attached hydrogens (tertiary/aromatic N) is 1. The molecule has 0 atom stereocenters. The molecule has 1 amide bonds. The first kappa shape index (κ1) is 23.8. The van der Waals surface area contributed by atoms with Crippen molar-refractivity contribution in [3.05, 3.63) is 87.9 Å². The van der Waals surface area contributed by atoms with Gasteiger partial charge >= 0.3 is 0 Å². The summed E-state index contributed by atoms with van der Waals surface area (Å²) in [4.78, 5) is 12.8. The van der Waals surface area contributed by atoms with E-state index in [9.17, 15) is 13.2 Å². The van der Waals surface area contributed by atoms with Gasteiger partial charge < -0.3 is 10.1 Å². The quantitative estimate of drug-likeness (QED) is 0.475. The molecule has 0 saturated heterocycles. The highest BCUT2D eigenvalue weighted by Crippen LogP contribution is 2.30. The molecule has 0 aliphatic carbocycles. The van der Waals surface area contributed by atoms with Crippen LogP contribution in [0.2, 0.25) is 0 Å². The number of halogens is 1. The summed E-state index contributed by atoms with van der Waals surface area (Å²) in [6.07, 6.45) is 0. The van der Waals surface area contributed by atoms with Gasteiger partial charge in [0.2, 0.25) is 5.91 Å². The van der Waals surface area contributed by atoms with Crippen LogP contribution in [0.25, 0.3) is 0 Å². The number of carbonyl (C=O) groups is 1. The number of benzene rings is 3. The lowest BCUT2D eigenvalue weighted by atomic mass is 10.1. The molecule has 0 saturated carbocycles. The van der Waals surface area contributed by atoms with Gasteiger partial charge in [-0.1, -0.05) is 47.5 Å². The van der Waals surface area contributed by atoms with E-state index in [4.69, 9.17) is 4.74 Å². The second-order valence-corrected chi connectivity index (χ2v) is 10.1. The van der Waals surface area contributed by atoms with E-state index in [0.717, 1.165) is 21.0 Å². The summed E-state index contributed by atoms with van der Waals surface area (Å²) in [7, 11) is -2.51. The molecule has 0 unspecified atom stereocenters. The van der Waals surface area contributed by atoms with Gasteiger partial charge in [0.1, 0.15) is 12.3 Å². The first-order valence-electron chi connectivity index (χ1n) is 9.96. The lowest BCUT2D eigenvalue weighted by Gasteiger charge is -2.24. The molecule has 168 valence electrons. The Morgan fingerprint density at radius 3 is 2.12 bits per heavy atom. The van der Waals surface area contributed by atoms with Crippen LogP contribution >= 0.6 is 15.9 Å². The molecule has 32 heavy (non-hydrogen) atoms. The van der Waals surface area contributed by atoms with Crippen LogP contribution in [0.5, 0.6) is 5.75 Å². The molecular formula is C24H25BrN2O4S. The van der Waals surface area contributed by atoms with Gasteiger partial charge in [-0.05, 0) is 65.7 Å². The van der Waals surface area contributed by atoms with Crippen LogP contribution in [0.3, 0.4) is 0 Å². The first-order chi connectivity index (χ1) is 15.2. The molecule has 8 heteroatoms. The van der Waals surface area contributed by atoms with E-state index in [1.807, 2.05) is 50.2 Å². The maximum Gasteiger partial charge on any atom is 0.264 e. The number of rotatable bonds is 8. The number of sulfonamides is 1. The van der Waals surface area contributed by atoms with Crippen molar-refractivity contribution in [2.75, 3.05) is 18.0 Å². The fourth-order valence-corrected chi connectivity index (χ4v) is 5.19. The minimum absolute atomic E-state index is 0.0529. The number of amides is 1. The molecular weight excluding hydrogens is 492 g/mol. The van der Waals surface area contributed by atoms with E-state index in [2.05, 4.69) is 21.2 Å². The number of methoxy groups -OCH3 is 1. The maximum atomic E-state index is 13.5. The predicted octanol–water partition coefficient (Wildman–Crippen LogP) is 4.59. The topological polar surface area (TPSA) is 75.7 Å². The summed E-state index contributed by atoms with van der Waals surface area (Å²) in [5, 5.41) is 2.81. The van der Waals surface area contributed by atoms with Crippen LogP contribution in [0.4, 0.5) is 5.69 Å². The third-order valence-corrected chi connectivity index (χ3v) is 7.32. The zero-order valence-electron chi connectivity index (χ0n) is 18.1. The standard InChI is InChI=1S/C24H25BrN2O4S/c1-17-4-8-19(9-5-17)15-26-24(28)16-27(20-10-6-18(2)7-11-20)32(29,30)21-12-13-23(31-3)22(25)14-21/h4-14H,15-16H2,1-3H3,(H,26,28). The Labute approximate surface area is 197 Å². The third kappa shape index (κ3) is 5.69. The molecule has 0 aliphatic heterocycles. The Morgan fingerprint density at radius 1 is 0.969 bits per heavy atom. The Balaban J connectivity index is 1.87. The van der Waals surface area contributed by atoms with Gasteiger partial charge in [-0.25, -0.2) is 8.42 Å². The van der Waals surface area contributed by atoms with Gasteiger partial charge in [-0.3, -0.25) is 9.10 Å². The normalized spacial score (nSPS) is 11.1. The van der Waals surface area contributed by atoms with Crippen molar-refractivity contribution in [3.8, 4) is 5.75 Å². The minimum Gasteiger partial charge on any atom is -0.496 e. The molecule has 3 aromatic rings. The lowest BCUT2D eigenvalue weighted by molar-refractivity contribution is -0.119. The van der Waals surface area contributed by atoms with Crippen molar-refractivity contribution in [1.82, 2.24) is 5.32 Å². The molecule has 0 aromatic heterocycles. The molecule has 0 fully saturated rings. The van der Waals surface area contributed by atoms with E-state index in [1.54, 1.807) is 18.2 Å². The van der Waals surface area contributed by atoms with E-state index in [1.165, 1.54) is 19.2 Å². The Hall–Kier alpha value is -2.84. The molecule has 3 aromatic carbocycles. The third-order valence-electron chi connectivity index (χ3n) is 4.93. The largest absolute Gasteiger partial charge is 0.496 e. The molecule has 3 rings (SSSR count). The summed E-state index contributed by atoms with van der Waals surface area (Å²) < 4.78 is 33.8. The number of hydrogen-bond donors (Lipinski definition) is 1. The highest BCUT2D eigenvalue weighted by atomic mass is 79.9. The van der Waals surface area contributed by atoms with Crippen LogP contribution in [0.15, 0.2) is 76.1 Å². The zero-order valence-corrected chi connectivity index (χ0v) is 20.5. The second kappa shape index (κ2) is 10.2. The van der Waals surface area contributed by atoms with Crippen molar-refractivity contribution in [2.45, 2.75) is 25.3 Å². The van der Waals surface area contributed by atoms with E-state index < -0.39 is 15.9 Å². The van der Waals surface area contributed by atoms with Gasteiger partial charge in [0.15, 0.2) is 0 Å². The zero-order chi connectivity index (χ0) is 23.3. The highest BCUT2D eigenvalue weighted by Gasteiger charge is 2.28. The van der Waals surface area contributed by atoms with Crippen LogP contribution in [-0.4, -0.2) is 28.0 Å². The summed E-state index contributed by atoms with van der Waals surface area (Å²) in [6.45, 7) is 3.87. The molecule has 0 radical (unpaired) electrons. The summed E-state index contributed by atoms with van der Waals surface area (Å²) in [5.74, 6) is 0.115. The molecule has 0 bridgehead atoms. The monoisotopic (exact) mass is 516 g/mol. The molecule has 0 aliphatic rings. The predicted molar refractivity (Wildman–Crippen MR) is 129 cm³/mol. The number of ether oxygens (including phenoxy) is 1. The van der Waals surface area contributed by atoms with Crippen molar-refractivity contribution < 1.29 is 17.9 Å². The minimum atomic E-state index is -4.01. The Morgan fingerprint density at radius 2 is 1.56 bits per heavy atom. The number of aryl methyl sites for hydroxylation is 2. The average Bonchev–Trinajstić information content (AvgIpc) is 2.77. The highest BCUT2D eigenvalue weighted by molar-refractivity contribution is 9.10. The number of carbonyl (C=O) groups excluding carboxylic acids is 1. The van der Waals surface area contributed by atoms with E-state index in [0.29, 0.717) is 22.5 Å². The molecule has 0 heterocycles. The summed E-state index contributed by atoms with van der Waals surface area (Å²) >= 11 is 3.33. The molecule has 1 N–H and O–H groups in total. The Bertz CT molecular complexity index is 1190. The number of anilines is 1. The van der Waals surface area contributed by atoms with Gasteiger partial charge in [-0.2, -0.15) is 0 Å². The maximum absolute atomic E-state index is 13.5. The van der Waals surface area contributed by atoms with Crippen LogP contribution in [-0.2, 0) is 21.4 Å². The fraction of sp³-hybridized carbons (Fsp3) is 0.208. The SMILES string of the molecule is COc1ccc(S(=O)(=O)N(CC(=O)NCc2ccc(C)cc2)c2ccc(C)cc2)cc1Br. The fourth-order valence-electron chi connectivity index (χ4n) is 3.05. The van der Waals surface area contributed by atoms with Gasteiger partial charge in [0, 0.05) is 6.54 Å². The van der Waals surface area contributed by atoms with Crippen molar-refractivity contribution >= 4 is 37.5 Å². The van der Waals surface area contributed by atoms with E-state index in [-0.39, 0.29) is 11.4 Å². The van der Waals surface area contributed by atoms with Crippen molar-refractivity contribution in [1.29, 1.82) is 0 Å². The smallest absolute Gasteiger partial charge is 0.264 e. The van der Waals surface area contributed by atoms with Crippen molar-refractivity contribution in [3.63, 3.8) is 0 Å². The van der Waals surface area contributed by atoms with Crippen LogP contribution < -0.4 is 14.4 Å². The van der Waals surface area contributed by atoms with Gasteiger partial charge in [-0.15, -0.1) is 0 Å². The van der Waals surface area contributed by atoms with Crippen molar-refractivity contribution in [2.24, 2.45) is 0 Å². The Kier molecular flexibility index (Phi) is 7.58. The van der Waals surface area contributed by atoms with Crippen LogP contribution in [0, 0.1) is 13.8 Å². The average molecular weight is 517 g/mol. The summed E-state index contributed by atoms with van der Waals surface area (Å²) in [6, 6.07) is 19.3. The van der Waals surface area contributed by atoms with Gasteiger partial charge in [0.05, 0.1) is 22.2 Å². The van der Waals surface area contributed by atoms with Gasteiger partial charge in [0.25, 0.3) is 10.0 Å².